The number of H-pyrrole nitrogens is 1. The Morgan fingerprint density at radius 3 is 2.82 bits per heavy atom. The van der Waals surface area contributed by atoms with E-state index in [4.69, 9.17) is 9.47 Å². The van der Waals surface area contributed by atoms with Gasteiger partial charge < -0.3 is 14.5 Å². The van der Waals surface area contributed by atoms with Gasteiger partial charge in [-0.05, 0) is 32.0 Å². The Morgan fingerprint density at radius 2 is 2.18 bits per heavy atom. The fourth-order valence-corrected chi connectivity index (χ4v) is 1.87. The number of methoxy groups -OCH3 is 1. The van der Waals surface area contributed by atoms with Gasteiger partial charge >= 0.3 is 5.97 Å². The fourth-order valence-electron chi connectivity index (χ4n) is 1.87. The first-order valence-electron chi connectivity index (χ1n) is 5.50. The Morgan fingerprint density at radius 1 is 1.41 bits per heavy atom. The third-order valence-corrected chi connectivity index (χ3v) is 2.74. The second kappa shape index (κ2) is 4.49. The maximum absolute atomic E-state index is 11.6. The van der Waals surface area contributed by atoms with Crippen LogP contribution in [0, 0.1) is 6.92 Å². The molecule has 0 spiro atoms. The monoisotopic (exact) mass is 233 g/mol. The number of aromatic nitrogens is 1. The number of carbonyl (C=O) groups excluding carboxylic acids is 1. The van der Waals surface area contributed by atoms with Crippen molar-refractivity contribution < 1.29 is 14.3 Å². The molecule has 1 aromatic heterocycles. The van der Waals surface area contributed by atoms with Crippen LogP contribution in [0.2, 0.25) is 0 Å². The summed E-state index contributed by atoms with van der Waals surface area (Å²) in [7, 11) is 1.63. The van der Waals surface area contributed by atoms with Gasteiger partial charge in [-0.1, -0.05) is 0 Å². The summed E-state index contributed by atoms with van der Waals surface area (Å²) in [5.41, 5.74) is 2.39. The number of esters is 1. The van der Waals surface area contributed by atoms with Gasteiger partial charge in [-0.15, -0.1) is 0 Å². The minimum atomic E-state index is -0.331. The van der Waals surface area contributed by atoms with E-state index in [0.717, 1.165) is 22.2 Å². The van der Waals surface area contributed by atoms with Gasteiger partial charge in [-0.2, -0.15) is 0 Å². The third-order valence-electron chi connectivity index (χ3n) is 2.74. The van der Waals surface area contributed by atoms with Gasteiger partial charge in [-0.3, -0.25) is 0 Å². The van der Waals surface area contributed by atoms with Crippen molar-refractivity contribution >= 4 is 16.9 Å². The zero-order valence-corrected chi connectivity index (χ0v) is 10.2. The highest BCUT2D eigenvalue weighted by molar-refractivity contribution is 5.96. The van der Waals surface area contributed by atoms with Crippen molar-refractivity contribution in [3.8, 4) is 5.75 Å². The first-order valence-corrected chi connectivity index (χ1v) is 5.50. The van der Waals surface area contributed by atoms with Crippen LogP contribution in [-0.4, -0.2) is 24.7 Å². The predicted molar refractivity (Wildman–Crippen MR) is 65.5 cm³/mol. The van der Waals surface area contributed by atoms with E-state index in [0.29, 0.717) is 12.3 Å². The highest BCUT2D eigenvalue weighted by Crippen LogP contribution is 2.27. The molecule has 0 saturated heterocycles. The minimum absolute atomic E-state index is 0.331. The summed E-state index contributed by atoms with van der Waals surface area (Å²) >= 11 is 0. The Bertz CT molecular complexity index is 557. The second-order valence-corrected chi connectivity index (χ2v) is 3.76. The SMILES string of the molecule is CCOC(=O)c1cc2c(C)c(OC)ccc2[nH]1. The maximum atomic E-state index is 11.6. The van der Waals surface area contributed by atoms with Crippen LogP contribution < -0.4 is 4.74 Å². The topological polar surface area (TPSA) is 51.3 Å². The van der Waals surface area contributed by atoms with Crippen molar-refractivity contribution in [1.29, 1.82) is 0 Å². The number of carbonyl (C=O) groups is 1. The first kappa shape index (κ1) is 11.5. The lowest BCUT2D eigenvalue weighted by molar-refractivity contribution is 0.0520. The summed E-state index contributed by atoms with van der Waals surface area (Å²) in [6.07, 6.45) is 0. The molecular weight excluding hydrogens is 218 g/mol. The molecule has 0 fully saturated rings. The van der Waals surface area contributed by atoms with Crippen LogP contribution in [-0.2, 0) is 4.74 Å². The lowest BCUT2D eigenvalue weighted by atomic mass is 10.1. The second-order valence-electron chi connectivity index (χ2n) is 3.76. The van der Waals surface area contributed by atoms with Gasteiger partial charge in [0.2, 0.25) is 0 Å². The molecular formula is C13H15NO3. The van der Waals surface area contributed by atoms with Gasteiger partial charge in [0.25, 0.3) is 0 Å². The minimum Gasteiger partial charge on any atom is -0.496 e. The molecule has 4 heteroatoms. The van der Waals surface area contributed by atoms with Crippen LogP contribution in [0.1, 0.15) is 23.0 Å². The number of aromatic amines is 1. The highest BCUT2D eigenvalue weighted by Gasteiger charge is 2.12. The summed E-state index contributed by atoms with van der Waals surface area (Å²) in [6, 6.07) is 5.57. The third kappa shape index (κ3) is 1.98. The quantitative estimate of drug-likeness (QED) is 0.829. The van der Waals surface area contributed by atoms with Crippen molar-refractivity contribution in [2.45, 2.75) is 13.8 Å². The van der Waals surface area contributed by atoms with E-state index in [1.807, 2.05) is 19.1 Å². The van der Waals surface area contributed by atoms with Crippen LogP contribution >= 0.6 is 0 Å². The van der Waals surface area contributed by atoms with Gasteiger partial charge in [0, 0.05) is 16.5 Å². The van der Waals surface area contributed by atoms with E-state index in [1.54, 1.807) is 20.1 Å². The van der Waals surface area contributed by atoms with E-state index in [-0.39, 0.29) is 5.97 Å². The van der Waals surface area contributed by atoms with Crippen molar-refractivity contribution in [3.05, 3.63) is 29.5 Å². The van der Waals surface area contributed by atoms with Crippen molar-refractivity contribution in [3.63, 3.8) is 0 Å². The molecule has 0 aliphatic rings. The van der Waals surface area contributed by atoms with Crippen LogP contribution in [0.3, 0.4) is 0 Å². The van der Waals surface area contributed by atoms with Crippen molar-refractivity contribution in [2.24, 2.45) is 0 Å². The number of fused-ring (bicyclic) bond motifs is 1. The predicted octanol–water partition coefficient (Wildman–Crippen LogP) is 2.66. The molecule has 0 unspecified atom stereocenters. The average Bonchev–Trinajstić information content (AvgIpc) is 2.75. The molecule has 0 aliphatic heterocycles. The average molecular weight is 233 g/mol. The molecule has 1 aromatic carbocycles. The van der Waals surface area contributed by atoms with Crippen LogP contribution in [0.5, 0.6) is 5.75 Å². The molecule has 90 valence electrons. The molecule has 1 N–H and O–H groups in total. The summed E-state index contributed by atoms with van der Waals surface area (Å²) in [4.78, 5) is 14.6. The zero-order valence-electron chi connectivity index (χ0n) is 10.2. The Balaban J connectivity index is 2.50. The molecule has 0 radical (unpaired) electrons. The Hall–Kier alpha value is -1.97. The Labute approximate surface area is 99.5 Å². The smallest absolute Gasteiger partial charge is 0.354 e. The molecule has 0 amide bonds. The van der Waals surface area contributed by atoms with E-state index in [9.17, 15) is 4.79 Å². The molecule has 1 heterocycles. The number of nitrogens with one attached hydrogen (secondary N) is 1. The van der Waals surface area contributed by atoms with Gasteiger partial charge in [-0.25, -0.2) is 4.79 Å². The van der Waals surface area contributed by atoms with Crippen LogP contribution in [0.4, 0.5) is 0 Å². The van der Waals surface area contributed by atoms with E-state index in [1.165, 1.54) is 0 Å². The van der Waals surface area contributed by atoms with Gasteiger partial charge in [0.05, 0.1) is 13.7 Å². The lowest BCUT2D eigenvalue weighted by Crippen LogP contribution is -2.04. The fraction of sp³-hybridized carbons (Fsp3) is 0.308. The van der Waals surface area contributed by atoms with E-state index in [2.05, 4.69) is 4.98 Å². The zero-order chi connectivity index (χ0) is 12.4. The van der Waals surface area contributed by atoms with Gasteiger partial charge in [0.15, 0.2) is 0 Å². The largest absolute Gasteiger partial charge is 0.496 e. The van der Waals surface area contributed by atoms with Crippen LogP contribution in [0.25, 0.3) is 10.9 Å². The molecule has 0 bridgehead atoms. The normalized spacial score (nSPS) is 10.5. The number of hydrogen-bond donors (Lipinski definition) is 1. The summed E-state index contributed by atoms with van der Waals surface area (Å²) in [5.74, 6) is 0.481. The van der Waals surface area contributed by atoms with Crippen molar-refractivity contribution in [2.75, 3.05) is 13.7 Å². The van der Waals surface area contributed by atoms with E-state index < -0.39 is 0 Å². The summed E-state index contributed by atoms with van der Waals surface area (Å²) < 4.78 is 10.2. The first-order chi connectivity index (χ1) is 8.17. The standard InChI is InChI=1S/C13H15NO3/c1-4-17-13(15)11-7-9-8(2)12(16-3)6-5-10(9)14-11/h5-7,14H,4H2,1-3H3. The molecule has 2 rings (SSSR count). The molecule has 4 nitrogen and oxygen atoms in total. The molecule has 0 saturated carbocycles. The molecule has 2 aromatic rings. The maximum Gasteiger partial charge on any atom is 0.354 e. The molecule has 17 heavy (non-hydrogen) atoms. The number of aryl methyl sites for hydroxylation is 1. The molecule has 0 aliphatic carbocycles. The van der Waals surface area contributed by atoms with Crippen molar-refractivity contribution in [1.82, 2.24) is 4.98 Å². The number of benzene rings is 1. The van der Waals surface area contributed by atoms with Crippen LogP contribution in [0.15, 0.2) is 18.2 Å². The number of hydrogen-bond acceptors (Lipinski definition) is 3. The number of ether oxygens (including phenoxy) is 2. The molecule has 0 atom stereocenters. The highest BCUT2D eigenvalue weighted by atomic mass is 16.5. The summed E-state index contributed by atoms with van der Waals surface area (Å²) in [5, 5.41) is 0.979. The summed E-state index contributed by atoms with van der Waals surface area (Å²) in [6.45, 7) is 4.12. The lowest BCUT2D eigenvalue weighted by Gasteiger charge is -2.04. The number of rotatable bonds is 3. The van der Waals surface area contributed by atoms with E-state index >= 15 is 0 Å². The Kier molecular flexibility index (Phi) is 3.04. The van der Waals surface area contributed by atoms with Gasteiger partial charge in [0.1, 0.15) is 11.4 Å².